The molecule has 0 atom stereocenters. The molecule has 84 valence electrons. The summed E-state index contributed by atoms with van der Waals surface area (Å²) in [7, 11) is 0. The third-order valence-corrected chi connectivity index (χ3v) is 2.99. The van der Waals surface area contributed by atoms with Crippen LogP contribution in [-0.2, 0) is 4.79 Å². The Bertz CT molecular complexity index is 443. The number of thioether (sulfide) groups is 1. The fourth-order valence-electron chi connectivity index (χ4n) is 1.17. The molecule has 0 bridgehead atoms. The number of benzene rings is 1. The summed E-state index contributed by atoms with van der Waals surface area (Å²) in [5.74, 6) is 6.89. The molecule has 1 nitrogen and oxygen atoms in total. The van der Waals surface area contributed by atoms with Crippen LogP contribution >= 0.6 is 23.4 Å². The summed E-state index contributed by atoms with van der Waals surface area (Å²) in [6.45, 7) is 3.56. The Morgan fingerprint density at radius 1 is 1.50 bits per heavy atom. The number of hydrogen-bond acceptors (Lipinski definition) is 2. The third-order valence-electron chi connectivity index (χ3n) is 1.94. The maximum Gasteiger partial charge on any atom is 0.185 e. The molecule has 0 spiro atoms. The molecule has 0 unspecified atom stereocenters. The second kappa shape index (κ2) is 6.62. The van der Waals surface area contributed by atoms with Crippen LogP contribution in [0.2, 0.25) is 5.02 Å². The number of hydrogen-bond donors (Lipinski definition) is 0. The van der Waals surface area contributed by atoms with Crippen molar-refractivity contribution in [2.75, 3.05) is 5.75 Å². The first-order valence-corrected chi connectivity index (χ1v) is 6.34. The molecule has 0 aliphatic rings. The van der Waals surface area contributed by atoms with Gasteiger partial charge in [0.05, 0.1) is 0 Å². The Labute approximate surface area is 106 Å². The average molecular weight is 253 g/mol. The van der Waals surface area contributed by atoms with Crippen LogP contribution in [0, 0.1) is 18.8 Å². The predicted molar refractivity (Wildman–Crippen MR) is 70.8 cm³/mol. The number of carbonyl (C=O) groups excluding carboxylic acids is 1. The highest BCUT2D eigenvalue weighted by molar-refractivity contribution is 8.13. The molecule has 3 heteroatoms. The van der Waals surface area contributed by atoms with E-state index in [9.17, 15) is 4.79 Å². The molecular weight excluding hydrogens is 240 g/mol. The summed E-state index contributed by atoms with van der Waals surface area (Å²) >= 11 is 7.16. The fraction of sp³-hybridized carbons (Fsp3) is 0.308. The van der Waals surface area contributed by atoms with Crippen molar-refractivity contribution in [2.45, 2.75) is 20.3 Å². The fourth-order valence-corrected chi connectivity index (χ4v) is 1.89. The standard InChI is InChI=1S/C13H13ClOS/c1-10-9-13(14)7-6-12(10)5-3-4-8-16-11(2)15/h6-7,9H,4,8H2,1-2H3. The smallest absolute Gasteiger partial charge is 0.185 e. The third kappa shape index (κ3) is 4.74. The lowest BCUT2D eigenvalue weighted by Gasteiger charge is -1.97. The van der Waals surface area contributed by atoms with E-state index < -0.39 is 0 Å². The predicted octanol–water partition coefficient (Wildman–Crippen LogP) is 3.67. The van der Waals surface area contributed by atoms with Gasteiger partial charge in [-0.15, -0.1) is 0 Å². The molecule has 0 aromatic heterocycles. The first-order chi connectivity index (χ1) is 7.59. The van der Waals surface area contributed by atoms with Crippen molar-refractivity contribution in [3.63, 3.8) is 0 Å². The summed E-state index contributed by atoms with van der Waals surface area (Å²) in [4.78, 5) is 10.7. The first-order valence-electron chi connectivity index (χ1n) is 4.98. The van der Waals surface area contributed by atoms with Crippen LogP contribution in [0.1, 0.15) is 24.5 Å². The average Bonchev–Trinajstić information content (AvgIpc) is 2.20. The summed E-state index contributed by atoms with van der Waals surface area (Å²) in [5, 5.41) is 0.875. The molecule has 1 rings (SSSR count). The summed E-state index contributed by atoms with van der Waals surface area (Å²) in [5.41, 5.74) is 2.08. The molecule has 0 aliphatic carbocycles. The van der Waals surface area contributed by atoms with E-state index >= 15 is 0 Å². The van der Waals surface area contributed by atoms with E-state index in [1.807, 2.05) is 25.1 Å². The molecule has 0 N–H and O–H groups in total. The lowest BCUT2D eigenvalue weighted by Crippen LogP contribution is -1.85. The van der Waals surface area contributed by atoms with E-state index in [-0.39, 0.29) is 5.12 Å². The lowest BCUT2D eigenvalue weighted by molar-refractivity contribution is -0.109. The van der Waals surface area contributed by atoms with Gasteiger partial charge in [-0.3, -0.25) is 4.79 Å². The van der Waals surface area contributed by atoms with Crippen molar-refractivity contribution in [3.8, 4) is 11.8 Å². The van der Waals surface area contributed by atoms with E-state index in [1.54, 1.807) is 6.92 Å². The highest BCUT2D eigenvalue weighted by Crippen LogP contribution is 2.14. The summed E-state index contributed by atoms with van der Waals surface area (Å²) in [6, 6.07) is 5.65. The van der Waals surface area contributed by atoms with Gasteiger partial charge in [0.15, 0.2) is 5.12 Å². The zero-order valence-electron chi connectivity index (χ0n) is 9.34. The van der Waals surface area contributed by atoms with Gasteiger partial charge in [-0.2, -0.15) is 0 Å². The van der Waals surface area contributed by atoms with Gasteiger partial charge in [0.1, 0.15) is 0 Å². The van der Waals surface area contributed by atoms with Gasteiger partial charge in [0, 0.05) is 29.7 Å². The second-order valence-electron chi connectivity index (χ2n) is 3.35. The van der Waals surface area contributed by atoms with E-state index in [0.29, 0.717) is 0 Å². The Hall–Kier alpha value is -0.910. The van der Waals surface area contributed by atoms with Crippen LogP contribution in [0.3, 0.4) is 0 Å². The van der Waals surface area contributed by atoms with Crippen molar-refractivity contribution in [1.29, 1.82) is 0 Å². The monoisotopic (exact) mass is 252 g/mol. The zero-order valence-corrected chi connectivity index (χ0v) is 10.9. The van der Waals surface area contributed by atoms with Crippen LogP contribution < -0.4 is 0 Å². The molecule has 0 heterocycles. The number of halogens is 1. The quantitative estimate of drug-likeness (QED) is 0.590. The van der Waals surface area contributed by atoms with Crippen molar-refractivity contribution in [1.82, 2.24) is 0 Å². The molecular formula is C13H13ClOS. The van der Waals surface area contributed by atoms with Crippen LogP contribution in [-0.4, -0.2) is 10.9 Å². The maximum atomic E-state index is 10.7. The SMILES string of the molecule is CC(=O)SCCC#Cc1ccc(Cl)cc1C. The minimum Gasteiger partial charge on any atom is -0.288 e. The minimum absolute atomic E-state index is 0.143. The van der Waals surface area contributed by atoms with Crippen molar-refractivity contribution in [2.24, 2.45) is 0 Å². The zero-order chi connectivity index (χ0) is 12.0. The van der Waals surface area contributed by atoms with Crippen molar-refractivity contribution < 1.29 is 4.79 Å². The first kappa shape index (κ1) is 13.2. The topological polar surface area (TPSA) is 17.1 Å². The van der Waals surface area contributed by atoms with E-state index in [2.05, 4.69) is 11.8 Å². The van der Waals surface area contributed by atoms with Crippen LogP contribution in [0.15, 0.2) is 18.2 Å². The van der Waals surface area contributed by atoms with E-state index in [1.165, 1.54) is 11.8 Å². The Kier molecular flexibility index (Phi) is 5.45. The van der Waals surface area contributed by atoms with Crippen LogP contribution in [0.4, 0.5) is 0 Å². The lowest BCUT2D eigenvalue weighted by atomic mass is 10.1. The highest BCUT2D eigenvalue weighted by Gasteiger charge is 1.95. The molecule has 0 saturated heterocycles. The molecule has 1 aromatic carbocycles. The highest BCUT2D eigenvalue weighted by atomic mass is 35.5. The minimum atomic E-state index is 0.143. The largest absolute Gasteiger partial charge is 0.288 e. The van der Waals surface area contributed by atoms with Crippen LogP contribution in [0.5, 0.6) is 0 Å². The molecule has 0 radical (unpaired) electrons. The molecule has 0 fully saturated rings. The summed E-state index contributed by atoms with van der Waals surface area (Å²) in [6.07, 6.45) is 0.728. The van der Waals surface area contributed by atoms with Crippen molar-refractivity contribution >= 4 is 28.5 Å². The van der Waals surface area contributed by atoms with Gasteiger partial charge >= 0.3 is 0 Å². The van der Waals surface area contributed by atoms with E-state index in [4.69, 9.17) is 11.6 Å². The van der Waals surface area contributed by atoms with E-state index in [0.717, 1.165) is 28.3 Å². The van der Waals surface area contributed by atoms with Gasteiger partial charge in [0.2, 0.25) is 0 Å². The molecule has 16 heavy (non-hydrogen) atoms. The second-order valence-corrected chi connectivity index (χ2v) is 5.06. The molecule has 0 amide bonds. The van der Waals surface area contributed by atoms with Gasteiger partial charge in [0.25, 0.3) is 0 Å². The van der Waals surface area contributed by atoms with Crippen molar-refractivity contribution in [3.05, 3.63) is 34.3 Å². The number of aryl methyl sites for hydroxylation is 1. The Morgan fingerprint density at radius 3 is 2.88 bits per heavy atom. The maximum absolute atomic E-state index is 10.7. The van der Waals surface area contributed by atoms with Gasteiger partial charge < -0.3 is 0 Å². The Balaban J connectivity index is 2.53. The van der Waals surface area contributed by atoms with Gasteiger partial charge in [-0.1, -0.05) is 35.2 Å². The van der Waals surface area contributed by atoms with Crippen LogP contribution in [0.25, 0.3) is 0 Å². The Morgan fingerprint density at radius 2 is 2.25 bits per heavy atom. The number of carbonyl (C=O) groups is 1. The normalized spacial score (nSPS) is 9.44. The number of rotatable bonds is 2. The molecule has 1 aromatic rings. The van der Waals surface area contributed by atoms with Gasteiger partial charge in [-0.05, 0) is 30.7 Å². The molecule has 0 saturated carbocycles. The summed E-state index contributed by atoms with van der Waals surface area (Å²) < 4.78 is 0. The van der Waals surface area contributed by atoms with Gasteiger partial charge in [-0.25, -0.2) is 0 Å². The molecule has 0 aliphatic heterocycles.